The predicted octanol–water partition coefficient (Wildman–Crippen LogP) is 2.48. The Morgan fingerprint density at radius 3 is 3.00 bits per heavy atom. The van der Waals surface area contributed by atoms with Gasteiger partial charge in [0.2, 0.25) is 0 Å². The number of ether oxygens (including phenoxy) is 1. The van der Waals surface area contributed by atoms with Crippen LogP contribution in [0.1, 0.15) is 29.7 Å². The lowest BCUT2D eigenvalue weighted by atomic mass is 10.0. The van der Waals surface area contributed by atoms with Gasteiger partial charge >= 0.3 is 0 Å². The van der Waals surface area contributed by atoms with Gasteiger partial charge < -0.3 is 4.74 Å². The summed E-state index contributed by atoms with van der Waals surface area (Å²) in [5, 5.41) is 1.14. The SMILES string of the molecule is Cc1cnc(C2(C)CCCO2)s1. The van der Waals surface area contributed by atoms with E-state index in [0.717, 1.165) is 24.5 Å². The maximum absolute atomic E-state index is 5.69. The second kappa shape index (κ2) is 2.82. The normalized spacial score (nSPS) is 29.5. The predicted molar refractivity (Wildman–Crippen MR) is 49.4 cm³/mol. The number of nitrogens with zero attached hydrogens (tertiary/aromatic N) is 1. The molecule has 2 rings (SSSR count). The molecule has 3 heteroatoms. The average molecular weight is 183 g/mol. The molecule has 0 N–H and O–H groups in total. The highest BCUT2D eigenvalue weighted by Gasteiger charge is 2.34. The molecule has 0 spiro atoms. The molecule has 1 saturated heterocycles. The molecular formula is C9H13NOS. The molecule has 1 aromatic heterocycles. The van der Waals surface area contributed by atoms with Crippen LogP contribution in [0.25, 0.3) is 0 Å². The second-order valence-electron chi connectivity index (χ2n) is 3.46. The minimum Gasteiger partial charge on any atom is -0.368 e. The summed E-state index contributed by atoms with van der Waals surface area (Å²) in [6, 6.07) is 0. The van der Waals surface area contributed by atoms with Gasteiger partial charge in [-0.1, -0.05) is 0 Å². The van der Waals surface area contributed by atoms with Gasteiger partial charge in [0.25, 0.3) is 0 Å². The van der Waals surface area contributed by atoms with Gasteiger partial charge in [0.05, 0.1) is 0 Å². The summed E-state index contributed by atoms with van der Waals surface area (Å²) in [6.45, 7) is 5.10. The summed E-state index contributed by atoms with van der Waals surface area (Å²) >= 11 is 1.75. The van der Waals surface area contributed by atoms with Gasteiger partial charge in [0.1, 0.15) is 10.6 Å². The maximum atomic E-state index is 5.69. The zero-order chi connectivity index (χ0) is 8.60. The zero-order valence-corrected chi connectivity index (χ0v) is 8.28. The fourth-order valence-corrected chi connectivity index (χ4v) is 2.44. The van der Waals surface area contributed by atoms with Crippen LogP contribution in [0.2, 0.25) is 0 Å². The van der Waals surface area contributed by atoms with E-state index in [-0.39, 0.29) is 5.60 Å². The molecule has 1 atom stereocenters. The van der Waals surface area contributed by atoms with E-state index >= 15 is 0 Å². The third-order valence-corrected chi connectivity index (χ3v) is 3.45. The molecule has 0 aliphatic carbocycles. The molecule has 0 radical (unpaired) electrons. The lowest BCUT2D eigenvalue weighted by molar-refractivity contribution is 0.0166. The van der Waals surface area contributed by atoms with Gasteiger partial charge in [-0.25, -0.2) is 4.98 Å². The number of aromatic nitrogens is 1. The van der Waals surface area contributed by atoms with Crippen molar-refractivity contribution >= 4 is 11.3 Å². The molecule has 2 nitrogen and oxygen atoms in total. The molecule has 1 aromatic rings. The molecule has 1 fully saturated rings. The average Bonchev–Trinajstić information content (AvgIpc) is 2.59. The van der Waals surface area contributed by atoms with E-state index in [2.05, 4.69) is 18.8 Å². The van der Waals surface area contributed by atoms with Gasteiger partial charge in [-0.15, -0.1) is 11.3 Å². The van der Waals surface area contributed by atoms with Crippen molar-refractivity contribution in [2.75, 3.05) is 6.61 Å². The van der Waals surface area contributed by atoms with E-state index in [0.29, 0.717) is 0 Å². The number of hydrogen-bond donors (Lipinski definition) is 0. The van der Waals surface area contributed by atoms with E-state index in [1.54, 1.807) is 11.3 Å². The first-order valence-electron chi connectivity index (χ1n) is 4.28. The molecule has 12 heavy (non-hydrogen) atoms. The van der Waals surface area contributed by atoms with Crippen molar-refractivity contribution < 1.29 is 4.74 Å². The van der Waals surface area contributed by atoms with Crippen LogP contribution in [0.3, 0.4) is 0 Å². The molecule has 66 valence electrons. The van der Waals surface area contributed by atoms with Crippen LogP contribution in [0, 0.1) is 6.92 Å². The number of thiazole rings is 1. The zero-order valence-electron chi connectivity index (χ0n) is 7.46. The number of rotatable bonds is 1. The van der Waals surface area contributed by atoms with Gasteiger partial charge in [-0.2, -0.15) is 0 Å². The molecule has 0 aromatic carbocycles. The minimum absolute atomic E-state index is 0.0844. The molecule has 1 aliphatic heterocycles. The summed E-state index contributed by atoms with van der Waals surface area (Å²) < 4.78 is 5.69. The Balaban J connectivity index is 2.28. The standard InChI is InChI=1S/C9H13NOS/c1-7-6-10-8(12-7)9(2)4-3-5-11-9/h6H,3-5H2,1-2H3. The van der Waals surface area contributed by atoms with Gasteiger partial charge in [-0.3, -0.25) is 0 Å². The molecule has 2 heterocycles. The highest BCUT2D eigenvalue weighted by molar-refractivity contribution is 7.11. The molecule has 1 unspecified atom stereocenters. The largest absolute Gasteiger partial charge is 0.368 e. The second-order valence-corrected chi connectivity index (χ2v) is 4.69. The Morgan fingerprint density at radius 1 is 1.67 bits per heavy atom. The Labute approximate surface area is 76.6 Å². The van der Waals surface area contributed by atoms with Crippen LogP contribution < -0.4 is 0 Å². The summed E-state index contributed by atoms with van der Waals surface area (Å²) in [4.78, 5) is 5.63. The van der Waals surface area contributed by atoms with Crippen LogP contribution >= 0.6 is 11.3 Å². The first-order chi connectivity index (χ1) is 5.71. The lowest BCUT2D eigenvalue weighted by Crippen LogP contribution is -2.19. The summed E-state index contributed by atoms with van der Waals surface area (Å²) in [5.41, 5.74) is -0.0844. The van der Waals surface area contributed by atoms with Crippen LogP contribution in [0.15, 0.2) is 6.20 Å². The summed E-state index contributed by atoms with van der Waals surface area (Å²) in [7, 11) is 0. The Morgan fingerprint density at radius 2 is 2.50 bits per heavy atom. The van der Waals surface area contributed by atoms with Crippen LogP contribution in [0.5, 0.6) is 0 Å². The van der Waals surface area contributed by atoms with Crippen molar-refractivity contribution in [1.29, 1.82) is 0 Å². The molecule has 1 aliphatic rings. The van der Waals surface area contributed by atoms with Crippen molar-refractivity contribution in [3.05, 3.63) is 16.1 Å². The van der Waals surface area contributed by atoms with Crippen molar-refractivity contribution in [3.63, 3.8) is 0 Å². The Kier molecular flexibility index (Phi) is 1.93. The molecule has 0 bridgehead atoms. The highest BCUT2D eigenvalue weighted by Crippen LogP contribution is 2.37. The van der Waals surface area contributed by atoms with Crippen molar-refractivity contribution in [1.82, 2.24) is 4.98 Å². The van der Waals surface area contributed by atoms with E-state index in [1.165, 1.54) is 4.88 Å². The van der Waals surface area contributed by atoms with Crippen LogP contribution in [0.4, 0.5) is 0 Å². The smallest absolute Gasteiger partial charge is 0.125 e. The van der Waals surface area contributed by atoms with Gasteiger partial charge in [-0.05, 0) is 26.7 Å². The van der Waals surface area contributed by atoms with Crippen LogP contribution in [-0.4, -0.2) is 11.6 Å². The van der Waals surface area contributed by atoms with Crippen LogP contribution in [-0.2, 0) is 10.3 Å². The van der Waals surface area contributed by atoms with E-state index in [9.17, 15) is 0 Å². The van der Waals surface area contributed by atoms with Crippen molar-refractivity contribution in [2.24, 2.45) is 0 Å². The van der Waals surface area contributed by atoms with E-state index < -0.39 is 0 Å². The molecule has 0 saturated carbocycles. The lowest BCUT2D eigenvalue weighted by Gasteiger charge is -2.19. The molecular weight excluding hydrogens is 170 g/mol. The fraction of sp³-hybridized carbons (Fsp3) is 0.667. The fourth-order valence-electron chi connectivity index (χ4n) is 1.55. The van der Waals surface area contributed by atoms with E-state index in [1.807, 2.05) is 6.20 Å². The summed E-state index contributed by atoms with van der Waals surface area (Å²) in [6.07, 6.45) is 4.20. The topological polar surface area (TPSA) is 22.1 Å². The Bertz CT molecular complexity index is 276. The number of hydrogen-bond acceptors (Lipinski definition) is 3. The number of aryl methyl sites for hydroxylation is 1. The monoisotopic (exact) mass is 183 g/mol. The summed E-state index contributed by atoms with van der Waals surface area (Å²) in [5.74, 6) is 0. The van der Waals surface area contributed by atoms with Crippen molar-refractivity contribution in [3.8, 4) is 0 Å². The first kappa shape index (κ1) is 8.20. The van der Waals surface area contributed by atoms with Gasteiger partial charge in [0.15, 0.2) is 0 Å². The third-order valence-electron chi connectivity index (χ3n) is 2.29. The highest BCUT2D eigenvalue weighted by atomic mass is 32.1. The quantitative estimate of drug-likeness (QED) is 0.667. The maximum Gasteiger partial charge on any atom is 0.125 e. The van der Waals surface area contributed by atoms with Gasteiger partial charge in [0, 0.05) is 17.7 Å². The van der Waals surface area contributed by atoms with Crippen molar-refractivity contribution in [2.45, 2.75) is 32.3 Å². The first-order valence-corrected chi connectivity index (χ1v) is 5.09. The third kappa shape index (κ3) is 1.27. The minimum atomic E-state index is -0.0844. The Hall–Kier alpha value is -0.410. The van der Waals surface area contributed by atoms with E-state index in [4.69, 9.17) is 4.74 Å². The molecule has 0 amide bonds.